The molecular formula is C21H21NO4. The summed E-state index contributed by atoms with van der Waals surface area (Å²) in [7, 11) is 1.50. The third-order valence-corrected chi connectivity index (χ3v) is 4.44. The molecule has 0 aliphatic rings. The summed E-state index contributed by atoms with van der Waals surface area (Å²) >= 11 is 0. The maximum Gasteiger partial charge on any atom is 0.349 e. The zero-order chi connectivity index (χ0) is 18.7. The van der Waals surface area contributed by atoms with E-state index < -0.39 is 11.4 Å². The van der Waals surface area contributed by atoms with E-state index in [4.69, 9.17) is 9.15 Å². The van der Waals surface area contributed by atoms with Gasteiger partial charge in [-0.25, -0.2) is 4.79 Å². The first-order valence-corrected chi connectivity index (χ1v) is 8.60. The van der Waals surface area contributed by atoms with Crippen molar-refractivity contribution in [1.29, 1.82) is 0 Å². The number of hydrogen-bond acceptors (Lipinski definition) is 5. The van der Waals surface area contributed by atoms with Crippen LogP contribution in [0.5, 0.6) is 5.75 Å². The molecular weight excluding hydrogens is 330 g/mol. The Kier molecular flexibility index (Phi) is 5.07. The summed E-state index contributed by atoms with van der Waals surface area (Å²) in [6, 6.07) is 14.2. The van der Waals surface area contributed by atoms with Crippen LogP contribution in [0.2, 0.25) is 0 Å². The van der Waals surface area contributed by atoms with Gasteiger partial charge in [-0.05, 0) is 38.1 Å². The predicted octanol–water partition coefficient (Wildman–Crippen LogP) is 3.88. The van der Waals surface area contributed by atoms with Crippen LogP contribution in [0.4, 0.5) is 5.69 Å². The molecule has 0 atom stereocenters. The molecule has 0 unspecified atom stereocenters. The number of hydrogen-bond donors (Lipinski definition) is 0. The number of fused-ring (bicyclic) bond motifs is 1. The van der Waals surface area contributed by atoms with E-state index in [1.165, 1.54) is 7.11 Å². The molecule has 3 aromatic rings. The SMILES string of the molecule is CCN(CC)c1c(C(=O)c2ccccc2OC)c(=O)oc2ccccc12. The fraction of sp³-hybridized carbons (Fsp3) is 0.238. The number of anilines is 1. The number of ether oxygens (including phenoxy) is 1. The monoisotopic (exact) mass is 351 g/mol. The van der Waals surface area contributed by atoms with Gasteiger partial charge in [-0.2, -0.15) is 0 Å². The van der Waals surface area contributed by atoms with Crippen LogP contribution < -0.4 is 15.3 Å². The fourth-order valence-electron chi connectivity index (χ4n) is 3.17. The molecule has 5 heteroatoms. The summed E-state index contributed by atoms with van der Waals surface area (Å²) in [5.41, 5.74) is 0.818. The van der Waals surface area contributed by atoms with Crippen molar-refractivity contribution in [3.8, 4) is 5.75 Å². The first kappa shape index (κ1) is 17.7. The molecule has 134 valence electrons. The lowest BCUT2D eigenvalue weighted by molar-refractivity contribution is 0.103. The van der Waals surface area contributed by atoms with Crippen molar-refractivity contribution in [2.75, 3.05) is 25.1 Å². The van der Waals surface area contributed by atoms with E-state index in [1.807, 2.05) is 30.9 Å². The Labute approximate surface area is 151 Å². The first-order valence-electron chi connectivity index (χ1n) is 8.60. The maximum atomic E-state index is 13.3. The minimum atomic E-state index is -0.637. The molecule has 0 aliphatic heterocycles. The lowest BCUT2D eigenvalue weighted by Crippen LogP contribution is -2.28. The third kappa shape index (κ3) is 2.96. The van der Waals surface area contributed by atoms with Crippen LogP contribution in [0.3, 0.4) is 0 Å². The lowest BCUT2D eigenvalue weighted by Gasteiger charge is -2.24. The summed E-state index contributed by atoms with van der Waals surface area (Å²) in [5.74, 6) is 0.0272. The number of ketones is 1. The van der Waals surface area contributed by atoms with Gasteiger partial charge in [0.15, 0.2) is 0 Å². The predicted molar refractivity (Wildman–Crippen MR) is 102 cm³/mol. The Morgan fingerprint density at radius 3 is 2.38 bits per heavy atom. The number of methoxy groups -OCH3 is 1. The second kappa shape index (κ2) is 7.44. The Morgan fingerprint density at radius 1 is 1.04 bits per heavy atom. The van der Waals surface area contributed by atoms with Gasteiger partial charge in [-0.3, -0.25) is 4.79 Å². The van der Waals surface area contributed by atoms with Crippen LogP contribution in [0.15, 0.2) is 57.7 Å². The van der Waals surface area contributed by atoms with Crippen LogP contribution in [-0.2, 0) is 0 Å². The lowest BCUT2D eigenvalue weighted by atomic mass is 9.99. The highest BCUT2D eigenvalue weighted by Crippen LogP contribution is 2.31. The molecule has 0 amide bonds. The molecule has 2 aromatic carbocycles. The maximum absolute atomic E-state index is 13.3. The van der Waals surface area contributed by atoms with Gasteiger partial charge in [0, 0.05) is 18.5 Å². The largest absolute Gasteiger partial charge is 0.496 e. The molecule has 5 nitrogen and oxygen atoms in total. The number of carbonyl (C=O) groups excluding carboxylic acids is 1. The minimum absolute atomic E-state index is 0.0388. The summed E-state index contributed by atoms with van der Waals surface area (Å²) < 4.78 is 10.7. The number of rotatable bonds is 6. The molecule has 26 heavy (non-hydrogen) atoms. The van der Waals surface area contributed by atoms with Gasteiger partial charge >= 0.3 is 5.63 Å². The van der Waals surface area contributed by atoms with E-state index in [2.05, 4.69) is 0 Å². The van der Waals surface area contributed by atoms with Gasteiger partial charge < -0.3 is 14.1 Å². The summed E-state index contributed by atoms with van der Waals surface area (Å²) in [6.45, 7) is 5.31. The number of nitrogens with zero attached hydrogens (tertiary/aromatic N) is 1. The number of carbonyl (C=O) groups is 1. The molecule has 0 saturated carbocycles. The summed E-state index contributed by atoms with van der Waals surface area (Å²) in [6.07, 6.45) is 0. The van der Waals surface area contributed by atoms with Crippen molar-refractivity contribution < 1.29 is 13.9 Å². The Balaban J connectivity index is 2.35. The average Bonchev–Trinajstić information content (AvgIpc) is 2.68. The summed E-state index contributed by atoms with van der Waals surface area (Å²) in [4.78, 5) is 28.0. The number of para-hydroxylation sites is 2. The molecule has 0 N–H and O–H groups in total. The third-order valence-electron chi connectivity index (χ3n) is 4.44. The molecule has 1 heterocycles. The average molecular weight is 351 g/mol. The van der Waals surface area contributed by atoms with Gasteiger partial charge in [0.1, 0.15) is 16.9 Å². The Morgan fingerprint density at radius 2 is 1.69 bits per heavy atom. The van der Waals surface area contributed by atoms with E-state index in [0.717, 1.165) is 5.39 Å². The van der Waals surface area contributed by atoms with Gasteiger partial charge in [0.25, 0.3) is 0 Å². The second-order valence-corrected chi connectivity index (χ2v) is 5.81. The zero-order valence-corrected chi connectivity index (χ0v) is 15.1. The van der Waals surface area contributed by atoms with E-state index in [1.54, 1.807) is 36.4 Å². The van der Waals surface area contributed by atoms with Crippen molar-refractivity contribution in [2.45, 2.75) is 13.8 Å². The van der Waals surface area contributed by atoms with Crippen molar-refractivity contribution in [2.24, 2.45) is 0 Å². The molecule has 0 fully saturated rings. The highest BCUT2D eigenvalue weighted by molar-refractivity contribution is 6.16. The van der Waals surface area contributed by atoms with Crippen molar-refractivity contribution in [3.63, 3.8) is 0 Å². The van der Waals surface area contributed by atoms with Gasteiger partial charge in [-0.1, -0.05) is 24.3 Å². The standard InChI is InChI=1S/C21H21NO4/c1-4-22(5-2)19-14-10-6-9-13-17(14)26-21(24)18(19)20(23)15-11-7-8-12-16(15)25-3/h6-13H,4-5H2,1-3H3. The van der Waals surface area contributed by atoms with Crippen molar-refractivity contribution in [1.82, 2.24) is 0 Å². The van der Waals surface area contributed by atoms with Crippen LogP contribution in [0, 0.1) is 0 Å². The normalized spacial score (nSPS) is 10.7. The highest BCUT2D eigenvalue weighted by atomic mass is 16.5. The van der Waals surface area contributed by atoms with E-state index in [0.29, 0.717) is 35.7 Å². The molecule has 0 aliphatic carbocycles. The summed E-state index contributed by atoms with van der Waals surface area (Å²) in [5, 5.41) is 0.744. The Hall–Kier alpha value is -3.08. The van der Waals surface area contributed by atoms with Crippen LogP contribution in [0.25, 0.3) is 11.0 Å². The van der Waals surface area contributed by atoms with Crippen LogP contribution in [0.1, 0.15) is 29.8 Å². The topological polar surface area (TPSA) is 59.8 Å². The second-order valence-electron chi connectivity index (χ2n) is 5.81. The van der Waals surface area contributed by atoms with Gasteiger partial charge in [0.05, 0.1) is 18.4 Å². The van der Waals surface area contributed by atoms with Crippen LogP contribution >= 0.6 is 0 Å². The fourth-order valence-corrected chi connectivity index (χ4v) is 3.17. The molecule has 1 aromatic heterocycles. The molecule has 0 radical (unpaired) electrons. The van der Waals surface area contributed by atoms with E-state index in [9.17, 15) is 9.59 Å². The van der Waals surface area contributed by atoms with E-state index >= 15 is 0 Å². The van der Waals surface area contributed by atoms with Crippen molar-refractivity contribution >= 4 is 22.4 Å². The molecule has 0 bridgehead atoms. The molecule has 3 rings (SSSR count). The highest BCUT2D eigenvalue weighted by Gasteiger charge is 2.26. The smallest absolute Gasteiger partial charge is 0.349 e. The van der Waals surface area contributed by atoms with Gasteiger partial charge in [0.2, 0.25) is 5.78 Å². The quantitative estimate of drug-likeness (QED) is 0.498. The van der Waals surface area contributed by atoms with Gasteiger partial charge in [-0.15, -0.1) is 0 Å². The van der Waals surface area contributed by atoms with E-state index in [-0.39, 0.29) is 5.56 Å². The number of benzene rings is 2. The molecule has 0 spiro atoms. The van der Waals surface area contributed by atoms with Crippen LogP contribution in [-0.4, -0.2) is 26.0 Å². The Bertz CT molecular complexity index is 1000. The minimum Gasteiger partial charge on any atom is -0.496 e. The zero-order valence-electron chi connectivity index (χ0n) is 15.1. The first-order chi connectivity index (χ1) is 12.6. The molecule has 0 saturated heterocycles. The van der Waals surface area contributed by atoms with Crippen molar-refractivity contribution in [3.05, 3.63) is 70.1 Å².